The number of rotatable bonds is 6. The van der Waals surface area contributed by atoms with Gasteiger partial charge >= 0.3 is 0 Å². The molecule has 3 aromatic rings. The van der Waals surface area contributed by atoms with Gasteiger partial charge in [-0.3, -0.25) is 0 Å². The van der Waals surface area contributed by atoms with Crippen molar-refractivity contribution >= 4 is 29.5 Å². The van der Waals surface area contributed by atoms with Crippen LogP contribution in [0.25, 0.3) is 17.0 Å². The van der Waals surface area contributed by atoms with Crippen LogP contribution < -0.4 is 0 Å². The Kier molecular flexibility index (Phi) is 4.94. The largest absolute Gasteiger partial charge is 0.361 e. The van der Waals surface area contributed by atoms with E-state index in [0.717, 1.165) is 39.9 Å². The van der Waals surface area contributed by atoms with E-state index in [1.807, 2.05) is 42.2 Å². The number of fused-ring (bicyclic) bond motifs is 1. The van der Waals surface area contributed by atoms with E-state index in [0.29, 0.717) is 6.73 Å². The summed E-state index contributed by atoms with van der Waals surface area (Å²) in [7, 11) is -1.07. The summed E-state index contributed by atoms with van der Waals surface area (Å²) in [4.78, 5) is 9.12. The van der Waals surface area contributed by atoms with Gasteiger partial charge in [0.05, 0.1) is 5.52 Å². The Morgan fingerprint density at radius 2 is 2.00 bits per heavy atom. The van der Waals surface area contributed by atoms with Crippen molar-refractivity contribution in [1.29, 1.82) is 0 Å². The molecule has 7 heteroatoms. The molecule has 0 spiro atoms. The van der Waals surface area contributed by atoms with Crippen LogP contribution in [0.3, 0.4) is 0 Å². The van der Waals surface area contributed by atoms with E-state index < -0.39 is 8.07 Å². The van der Waals surface area contributed by atoms with Crippen LogP contribution in [0.2, 0.25) is 25.7 Å². The Labute approximate surface area is 151 Å². The van der Waals surface area contributed by atoms with Gasteiger partial charge < -0.3 is 13.7 Å². The number of pyridine rings is 1. The van der Waals surface area contributed by atoms with Gasteiger partial charge in [-0.05, 0) is 41.0 Å². The summed E-state index contributed by atoms with van der Waals surface area (Å²) in [6, 6.07) is 5.23. The fourth-order valence-electron chi connectivity index (χ4n) is 2.49. The first-order valence-corrected chi connectivity index (χ1v) is 12.6. The lowest BCUT2D eigenvalue weighted by Crippen LogP contribution is -2.22. The van der Waals surface area contributed by atoms with E-state index in [4.69, 9.17) is 4.74 Å². The lowest BCUT2D eigenvalue weighted by Gasteiger charge is -2.16. The first kappa shape index (κ1) is 17.4. The second-order valence-electron chi connectivity index (χ2n) is 7.23. The zero-order valence-corrected chi connectivity index (χ0v) is 17.2. The summed E-state index contributed by atoms with van der Waals surface area (Å²) in [5, 5.41) is 0. The van der Waals surface area contributed by atoms with Crippen LogP contribution >= 0.6 is 15.9 Å². The van der Waals surface area contributed by atoms with Gasteiger partial charge in [0.15, 0.2) is 5.82 Å². The van der Waals surface area contributed by atoms with Gasteiger partial charge in [0, 0.05) is 37.2 Å². The maximum Gasteiger partial charge on any atom is 0.163 e. The van der Waals surface area contributed by atoms with E-state index in [1.165, 1.54) is 0 Å². The molecule has 0 bridgehead atoms. The number of aryl methyl sites for hydroxylation is 1. The van der Waals surface area contributed by atoms with Crippen molar-refractivity contribution in [3.8, 4) is 11.5 Å². The molecule has 3 aromatic heterocycles. The van der Waals surface area contributed by atoms with Gasteiger partial charge in [0.1, 0.15) is 18.8 Å². The van der Waals surface area contributed by atoms with E-state index in [-0.39, 0.29) is 0 Å². The van der Waals surface area contributed by atoms with Crippen LogP contribution in [0.5, 0.6) is 0 Å². The first-order chi connectivity index (χ1) is 11.3. The van der Waals surface area contributed by atoms with Crippen LogP contribution in [0, 0.1) is 6.92 Å². The molecule has 0 aliphatic carbocycles. The highest BCUT2D eigenvalue weighted by molar-refractivity contribution is 9.10. The summed E-state index contributed by atoms with van der Waals surface area (Å²) in [6.07, 6.45) is 5.69. The number of ether oxygens (including phenoxy) is 1. The topological polar surface area (TPSA) is 44.4 Å². The van der Waals surface area contributed by atoms with Gasteiger partial charge in [-0.2, -0.15) is 0 Å². The molecular weight excluding hydrogens is 384 g/mol. The molecule has 0 fully saturated rings. The molecule has 0 saturated carbocycles. The number of hydrogen-bond acceptors (Lipinski definition) is 3. The molecule has 24 heavy (non-hydrogen) atoms. The molecule has 3 rings (SSSR count). The third-order valence-electron chi connectivity index (χ3n) is 3.98. The van der Waals surface area contributed by atoms with Crippen LogP contribution in [-0.2, 0) is 11.5 Å². The van der Waals surface area contributed by atoms with Crippen molar-refractivity contribution in [2.45, 2.75) is 39.3 Å². The van der Waals surface area contributed by atoms with Crippen molar-refractivity contribution in [3.05, 3.63) is 41.0 Å². The van der Waals surface area contributed by atoms with E-state index in [2.05, 4.69) is 50.1 Å². The Balaban J connectivity index is 1.84. The molecule has 0 radical (unpaired) electrons. The lowest BCUT2D eigenvalue weighted by atomic mass is 10.3. The standard InChI is InChI=1S/C17H23BrN4OSi/c1-13-9-19-17(22(13)12-23-7-8-24(2,3)4)16-15-6-5-14(18)10-21(15)11-20-16/h5-6,9-11H,7-8,12H2,1-4H3. The van der Waals surface area contributed by atoms with E-state index in [1.54, 1.807) is 0 Å². The highest BCUT2D eigenvalue weighted by Gasteiger charge is 2.16. The number of halogens is 1. The highest BCUT2D eigenvalue weighted by Crippen LogP contribution is 2.24. The molecule has 0 unspecified atom stereocenters. The second kappa shape index (κ2) is 6.82. The fourth-order valence-corrected chi connectivity index (χ4v) is 3.60. The summed E-state index contributed by atoms with van der Waals surface area (Å²) < 4.78 is 11.0. The van der Waals surface area contributed by atoms with Crippen molar-refractivity contribution in [2.24, 2.45) is 0 Å². The summed E-state index contributed by atoms with van der Waals surface area (Å²) in [5.74, 6) is 0.852. The molecule has 0 aromatic carbocycles. The predicted octanol–water partition coefficient (Wildman–Crippen LogP) is 4.58. The smallest absolute Gasteiger partial charge is 0.163 e. The monoisotopic (exact) mass is 406 g/mol. The van der Waals surface area contributed by atoms with Gasteiger partial charge in [0.2, 0.25) is 0 Å². The zero-order chi connectivity index (χ0) is 17.3. The maximum atomic E-state index is 5.92. The Hall–Kier alpha value is -1.44. The second-order valence-corrected chi connectivity index (χ2v) is 13.8. The maximum absolute atomic E-state index is 5.92. The lowest BCUT2D eigenvalue weighted by molar-refractivity contribution is 0.0870. The van der Waals surface area contributed by atoms with Gasteiger partial charge in [-0.15, -0.1) is 0 Å². The number of hydrogen-bond donors (Lipinski definition) is 0. The van der Waals surface area contributed by atoms with Crippen molar-refractivity contribution in [3.63, 3.8) is 0 Å². The number of imidazole rings is 2. The minimum Gasteiger partial charge on any atom is -0.361 e. The third-order valence-corrected chi connectivity index (χ3v) is 6.15. The molecule has 0 aliphatic rings. The molecule has 5 nitrogen and oxygen atoms in total. The first-order valence-electron chi connectivity index (χ1n) is 8.07. The minimum atomic E-state index is -1.07. The molecule has 3 heterocycles. The summed E-state index contributed by atoms with van der Waals surface area (Å²) >= 11 is 3.49. The van der Waals surface area contributed by atoms with Crippen molar-refractivity contribution < 1.29 is 4.74 Å². The number of nitrogens with zero attached hydrogens (tertiary/aromatic N) is 4. The van der Waals surface area contributed by atoms with Gasteiger partial charge in [0.25, 0.3) is 0 Å². The summed E-state index contributed by atoms with van der Waals surface area (Å²) in [5.41, 5.74) is 2.99. The average molecular weight is 407 g/mol. The molecule has 128 valence electrons. The normalized spacial score (nSPS) is 12.2. The molecule has 0 N–H and O–H groups in total. The third kappa shape index (κ3) is 3.79. The fraction of sp³-hybridized carbons (Fsp3) is 0.412. The zero-order valence-electron chi connectivity index (χ0n) is 14.6. The van der Waals surface area contributed by atoms with Gasteiger partial charge in [-0.25, -0.2) is 9.97 Å². The molecule has 0 atom stereocenters. The van der Waals surface area contributed by atoms with Crippen molar-refractivity contribution in [2.75, 3.05) is 6.61 Å². The molecule has 0 aliphatic heterocycles. The average Bonchev–Trinajstić information content (AvgIpc) is 3.06. The van der Waals surface area contributed by atoms with Crippen LogP contribution in [-0.4, -0.2) is 33.6 Å². The van der Waals surface area contributed by atoms with Crippen LogP contribution in [0.4, 0.5) is 0 Å². The SMILES string of the molecule is Cc1cnc(-c2ncn3cc(Br)ccc23)n1COCC[Si](C)(C)C. The van der Waals surface area contributed by atoms with Crippen molar-refractivity contribution in [1.82, 2.24) is 18.9 Å². The molecular formula is C17H23BrN4OSi. The van der Waals surface area contributed by atoms with E-state index in [9.17, 15) is 0 Å². The van der Waals surface area contributed by atoms with Crippen LogP contribution in [0.15, 0.2) is 35.3 Å². The minimum absolute atomic E-state index is 0.515. The quantitative estimate of drug-likeness (QED) is 0.444. The summed E-state index contributed by atoms with van der Waals surface area (Å²) in [6.45, 7) is 10.4. The molecule has 0 amide bonds. The Bertz CT molecular complexity index is 850. The predicted molar refractivity (Wildman–Crippen MR) is 103 cm³/mol. The Morgan fingerprint density at radius 3 is 2.75 bits per heavy atom. The molecule has 0 saturated heterocycles. The van der Waals surface area contributed by atoms with Crippen LogP contribution in [0.1, 0.15) is 5.69 Å². The highest BCUT2D eigenvalue weighted by atomic mass is 79.9. The number of aromatic nitrogens is 4. The Morgan fingerprint density at radius 1 is 1.21 bits per heavy atom. The van der Waals surface area contributed by atoms with Gasteiger partial charge in [-0.1, -0.05) is 19.6 Å². The van der Waals surface area contributed by atoms with E-state index >= 15 is 0 Å².